The predicted octanol–water partition coefficient (Wildman–Crippen LogP) is 3.05. The molecule has 1 unspecified atom stereocenters. The van der Waals surface area contributed by atoms with E-state index in [4.69, 9.17) is 16.7 Å². The Labute approximate surface area is 129 Å². The number of aryl methyl sites for hydroxylation is 1. The topological polar surface area (TPSA) is 79.3 Å². The van der Waals surface area contributed by atoms with E-state index in [1.807, 2.05) is 20.8 Å². The van der Waals surface area contributed by atoms with E-state index in [-0.39, 0.29) is 22.9 Å². The highest BCUT2D eigenvalue weighted by atomic mass is 35.5. The summed E-state index contributed by atoms with van der Waals surface area (Å²) in [7, 11) is 0. The molecule has 21 heavy (non-hydrogen) atoms. The first-order valence-corrected chi connectivity index (χ1v) is 7.11. The molecule has 0 fully saturated rings. The maximum atomic E-state index is 12.2. The molecule has 2 N–H and O–H groups in total. The van der Waals surface area contributed by atoms with Crippen LogP contribution in [0.15, 0.2) is 12.1 Å². The number of hydrogen-bond acceptors (Lipinski definition) is 3. The summed E-state index contributed by atoms with van der Waals surface area (Å²) in [6.45, 7) is 7.75. The summed E-state index contributed by atoms with van der Waals surface area (Å²) in [5.41, 5.74) is 0.939. The van der Waals surface area contributed by atoms with Gasteiger partial charge in [-0.3, -0.25) is 9.59 Å². The summed E-state index contributed by atoms with van der Waals surface area (Å²) in [4.78, 5) is 27.2. The van der Waals surface area contributed by atoms with Gasteiger partial charge in [-0.05, 0) is 30.9 Å². The molecule has 0 aliphatic heterocycles. The Morgan fingerprint density at radius 2 is 2.00 bits per heavy atom. The van der Waals surface area contributed by atoms with Gasteiger partial charge >= 0.3 is 5.97 Å². The van der Waals surface area contributed by atoms with E-state index in [2.05, 4.69) is 10.3 Å². The fourth-order valence-electron chi connectivity index (χ4n) is 2.15. The Kier molecular flexibility index (Phi) is 5.72. The van der Waals surface area contributed by atoms with Gasteiger partial charge in [0, 0.05) is 17.3 Å². The summed E-state index contributed by atoms with van der Waals surface area (Å²) in [6, 6.07) is 2.66. The quantitative estimate of drug-likeness (QED) is 0.819. The van der Waals surface area contributed by atoms with Crippen molar-refractivity contribution >= 4 is 23.5 Å². The maximum Gasteiger partial charge on any atom is 0.305 e. The molecule has 0 spiro atoms. The van der Waals surface area contributed by atoms with E-state index in [0.29, 0.717) is 17.7 Å². The number of carbonyl (C=O) groups is 2. The molecule has 1 amide bonds. The molecule has 5 nitrogen and oxygen atoms in total. The van der Waals surface area contributed by atoms with Crippen LogP contribution < -0.4 is 5.32 Å². The van der Waals surface area contributed by atoms with Gasteiger partial charge < -0.3 is 10.4 Å². The van der Waals surface area contributed by atoms with Crippen LogP contribution in [0.3, 0.4) is 0 Å². The summed E-state index contributed by atoms with van der Waals surface area (Å²) in [5, 5.41) is 12.0. The molecule has 0 saturated heterocycles. The fourth-order valence-corrected chi connectivity index (χ4v) is 2.40. The van der Waals surface area contributed by atoms with Crippen LogP contribution in [0.1, 0.15) is 49.7 Å². The van der Waals surface area contributed by atoms with Crippen LogP contribution in [0.2, 0.25) is 5.15 Å². The summed E-state index contributed by atoms with van der Waals surface area (Å²) >= 11 is 5.84. The average molecular weight is 313 g/mol. The van der Waals surface area contributed by atoms with Crippen molar-refractivity contribution in [2.75, 3.05) is 0 Å². The molecule has 0 radical (unpaired) electrons. The van der Waals surface area contributed by atoms with Crippen molar-refractivity contribution in [3.05, 3.63) is 28.5 Å². The van der Waals surface area contributed by atoms with E-state index in [1.165, 1.54) is 6.07 Å². The van der Waals surface area contributed by atoms with Crippen LogP contribution in [-0.2, 0) is 4.79 Å². The van der Waals surface area contributed by atoms with Gasteiger partial charge in [-0.25, -0.2) is 4.98 Å². The molecule has 1 atom stereocenters. The molecule has 0 bridgehead atoms. The van der Waals surface area contributed by atoms with Crippen LogP contribution in [0.4, 0.5) is 0 Å². The van der Waals surface area contributed by atoms with Gasteiger partial charge in [0.05, 0.1) is 6.42 Å². The molecular weight excluding hydrogens is 292 g/mol. The molecule has 0 saturated carbocycles. The molecule has 0 aromatic carbocycles. The standard InChI is InChI=1S/C15H21ClN2O3/c1-9-5-10(6-12(16)17-9)14(21)18-11(7-13(19)20)8-15(2,3)4/h5-6,11H,7-8H2,1-4H3,(H,18,21)(H,19,20). The Hall–Kier alpha value is -1.62. The van der Waals surface area contributed by atoms with Crippen molar-refractivity contribution < 1.29 is 14.7 Å². The monoisotopic (exact) mass is 312 g/mol. The first kappa shape index (κ1) is 17.4. The number of aliphatic carboxylic acids is 1. The summed E-state index contributed by atoms with van der Waals surface area (Å²) in [6.07, 6.45) is 0.462. The van der Waals surface area contributed by atoms with E-state index < -0.39 is 12.0 Å². The van der Waals surface area contributed by atoms with Crippen LogP contribution >= 0.6 is 11.6 Å². The zero-order chi connectivity index (χ0) is 16.2. The first-order valence-electron chi connectivity index (χ1n) is 6.74. The second-order valence-corrected chi connectivity index (χ2v) is 6.74. The van der Waals surface area contributed by atoms with E-state index in [1.54, 1.807) is 13.0 Å². The number of nitrogens with zero attached hydrogens (tertiary/aromatic N) is 1. The lowest BCUT2D eigenvalue weighted by molar-refractivity contribution is -0.137. The number of carboxylic acid groups (broad SMARTS) is 1. The Bertz CT molecular complexity index is 518. The Balaban J connectivity index is 2.86. The third kappa shape index (κ3) is 6.58. The van der Waals surface area contributed by atoms with Gasteiger partial charge in [0.2, 0.25) is 0 Å². The highest BCUT2D eigenvalue weighted by Crippen LogP contribution is 2.22. The first-order chi connectivity index (χ1) is 9.56. The number of amides is 1. The van der Waals surface area contributed by atoms with Crippen molar-refractivity contribution in [1.82, 2.24) is 10.3 Å². The zero-order valence-corrected chi connectivity index (χ0v) is 13.5. The Morgan fingerprint density at radius 3 is 2.48 bits per heavy atom. The molecule has 0 aliphatic rings. The molecule has 1 aromatic heterocycles. The lowest BCUT2D eigenvalue weighted by atomic mass is 9.87. The minimum atomic E-state index is -0.937. The smallest absolute Gasteiger partial charge is 0.305 e. The van der Waals surface area contributed by atoms with E-state index in [9.17, 15) is 9.59 Å². The minimum absolute atomic E-state index is 0.0841. The molecular formula is C15H21ClN2O3. The third-order valence-electron chi connectivity index (χ3n) is 2.80. The number of pyridine rings is 1. The summed E-state index contributed by atoms with van der Waals surface area (Å²) < 4.78 is 0. The molecule has 1 heterocycles. The van der Waals surface area contributed by atoms with E-state index in [0.717, 1.165) is 0 Å². The number of nitrogens with one attached hydrogen (secondary N) is 1. The van der Waals surface area contributed by atoms with Gasteiger partial charge in [0.15, 0.2) is 0 Å². The Morgan fingerprint density at radius 1 is 1.38 bits per heavy atom. The highest BCUT2D eigenvalue weighted by Gasteiger charge is 2.23. The average Bonchev–Trinajstić information content (AvgIpc) is 2.23. The highest BCUT2D eigenvalue weighted by molar-refractivity contribution is 6.29. The van der Waals surface area contributed by atoms with Crippen molar-refractivity contribution in [2.24, 2.45) is 5.41 Å². The van der Waals surface area contributed by atoms with Crippen LogP contribution in [0, 0.1) is 12.3 Å². The van der Waals surface area contributed by atoms with Gasteiger partial charge in [0.1, 0.15) is 5.15 Å². The van der Waals surface area contributed by atoms with E-state index >= 15 is 0 Å². The molecule has 116 valence electrons. The normalized spacial score (nSPS) is 12.8. The van der Waals surface area contributed by atoms with Crippen molar-refractivity contribution in [2.45, 2.75) is 46.6 Å². The second-order valence-electron chi connectivity index (χ2n) is 6.35. The molecule has 6 heteroatoms. The van der Waals surface area contributed by atoms with Crippen molar-refractivity contribution in [1.29, 1.82) is 0 Å². The van der Waals surface area contributed by atoms with Crippen LogP contribution in [0.5, 0.6) is 0 Å². The maximum absolute atomic E-state index is 12.2. The number of halogens is 1. The number of hydrogen-bond donors (Lipinski definition) is 2. The van der Waals surface area contributed by atoms with Crippen LogP contribution in [0.25, 0.3) is 0 Å². The third-order valence-corrected chi connectivity index (χ3v) is 2.99. The largest absolute Gasteiger partial charge is 0.481 e. The number of carboxylic acids is 1. The van der Waals surface area contributed by atoms with Crippen LogP contribution in [-0.4, -0.2) is 28.0 Å². The molecule has 0 aliphatic carbocycles. The number of carbonyl (C=O) groups excluding carboxylic acids is 1. The lowest BCUT2D eigenvalue weighted by Crippen LogP contribution is -2.39. The van der Waals surface area contributed by atoms with Gasteiger partial charge in [-0.15, -0.1) is 0 Å². The lowest BCUT2D eigenvalue weighted by Gasteiger charge is -2.25. The molecule has 1 rings (SSSR count). The molecule has 1 aromatic rings. The van der Waals surface area contributed by atoms with Gasteiger partial charge in [-0.2, -0.15) is 0 Å². The zero-order valence-electron chi connectivity index (χ0n) is 12.7. The van der Waals surface area contributed by atoms with Crippen molar-refractivity contribution in [3.63, 3.8) is 0 Å². The van der Waals surface area contributed by atoms with Gasteiger partial charge in [0.25, 0.3) is 5.91 Å². The fraction of sp³-hybridized carbons (Fsp3) is 0.533. The van der Waals surface area contributed by atoms with Gasteiger partial charge in [-0.1, -0.05) is 32.4 Å². The SMILES string of the molecule is Cc1cc(C(=O)NC(CC(=O)O)CC(C)(C)C)cc(Cl)n1. The minimum Gasteiger partial charge on any atom is -0.481 e. The number of aromatic nitrogens is 1. The number of rotatable bonds is 5. The second kappa shape index (κ2) is 6.89. The van der Waals surface area contributed by atoms with Crippen molar-refractivity contribution in [3.8, 4) is 0 Å². The summed E-state index contributed by atoms with van der Waals surface area (Å²) in [5.74, 6) is -1.27. The predicted molar refractivity (Wildman–Crippen MR) is 81.6 cm³/mol.